The second kappa shape index (κ2) is 5.96. The van der Waals surface area contributed by atoms with E-state index in [9.17, 15) is 4.79 Å². The van der Waals surface area contributed by atoms with Gasteiger partial charge in [0.25, 0.3) is 0 Å². The molecule has 5 heteroatoms. The average Bonchev–Trinajstić information content (AvgIpc) is 2.63. The molecule has 1 amide bonds. The quantitative estimate of drug-likeness (QED) is 0.847. The minimum Gasteiger partial charge on any atom is -0.340 e. The number of carbonyl (C=O) groups is 1. The monoisotopic (exact) mass is 241 g/mol. The Morgan fingerprint density at radius 2 is 2.38 bits per heavy atom. The molecule has 0 aliphatic rings. The van der Waals surface area contributed by atoms with E-state index in [1.807, 2.05) is 26.3 Å². The summed E-state index contributed by atoms with van der Waals surface area (Å²) in [4.78, 5) is 17.9. The lowest BCUT2D eigenvalue weighted by molar-refractivity contribution is -0.134. The number of nitrogens with zero attached hydrogens (tertiary/aromatic N) is 2. The minimum atomic E-state index is -0.00488. The highest BCUT2D eigenvalue weighted by molar-refractivity contribution is 7.09. The van der Waals surface area contributed by atoms with Gasteiger partial charge in [-0.1, -0.05) is 6.92 Å². The molecular weight excluding hydrogens is 222 g/mol. The van der Waals surface area contributed by atoms with Crippen molar-refractivity contribution in [1.82, 2.24) is 9.88 Å². The van der Waals surface area contributed by atoms with Crippen molar-refractivity contribution in [2.75, 3.05) is 13.6 Å². The predicted molar refractivity (Wildman–Crippen MR) is 66.2 cm³/mol. The van der Waals surface area contributed by atoms with Crippen LogP contribution < -0.4 is 5.73 Å². The van der Waals surface area contributed by atoms with Crippen molar-refractivity contribution in [2.24, 2.45) is 11.7 Å². The Kier molecular flexibility index (Phi) is 4.89. The largest absolute Gasteiger partial charge is 0.340 e. The van der Waals surface area contributed by atoms with Crippen molar-refractivity contribution in [1.29, 1.82) is 0 Å². The van der Waals surface area contributed by atoms with Gasteiger partial charge >= 0.3 is 0 Å². The summed E-state index contributed by atoms with van der Waals surface area (Å²) in [6, 6.07) is 0. The van der Waals surface area contributed by atoms with E-state index in [1.54, 1.807) is 16.2 Å². The Morgan fingerprint density at radius 3 is 2.88 bits per heavy atom. The molecule has 4 nitrogen and oxygen atoms in total. The first kappa shape index (κ1) is 13.1. The van der Waals surface area contributed by atoms with Crippen LogP contribution in [0.3, 0.4) is 0 Å². The zero-order valence-electron chi connectivity index (χ0n) is 10.1. The first-order chi connectivity index (χ1) is 7.54. The van der Waals surface area contributed by atoms with Crippen molar-refractivity contribution in [3.63, 3.8) is 0 Å². The molecule has 0 radical (unpaired) electrons. The molecule has 0 aromatic carbocycles. The van der Waals surface area contributed by atoms with Crippen molar-refractivity contribution < 1.29 is 4.79 Å². The van der Waals surface area contributed by atoms with Gasteiger partial charge in [-0.05, 0) is 19.9 Å². The summed E-state index contributed by atoms with van der Waals surface area (Å²) in [7, 11) is 1.81. The lowest BCUT2D eigenvalue weighted by Crippen LogP contribution is -2.32. The molecular formula is C11H19N3OS. The summed E-state index contributed by atoms with van der Waals surface area (Å²) in [6.45, 7) is 5.01. The third-order valence-corrected chi connectivity index (χ3v) is 3.29. The van der Waals surface area contributed by atoms with Gasteiger partial charge in [-0.3, -0.25) is 4.79 Å². The third-order valence-electron chi connectivity index (χ3n) is 2.46. The fraction of sp³-hybridized carbons (Fsp3) is 0.636. The van der Waals surface area contributed by atoms with Crippen LogP contribution in [0.2, 0.25) is 0 Å². The van der Waals surface area contributed by atoms with E-state index >= 15 is 0 Å². The summed E-state index contributed by atoms with van der Waals surface area (Å²) in [6.07, 6.45) is 0.735. The van der Waals surface area contributed by atoms with Crippen molar-refractivity contribution in [3.05, 3.63) is 16.1 Å². The smallest absolute Gasteiger partial charge is 0.225 e. The molecule has 1 rings (SSSR count). The standard InChI is InChI=1S/C11H19N3OS/c1-8(4-5-12)11(15)14(3)6-10-7-16-9(2)13-10/h7-8H,4-6,12H2,1-3H3. The number of rotatable bonds is 5. The van der Waals surface area contributed by atoms with Gasteiger partial charge in [-0.15, -0.1) is 11.3 Å². The molecule has 1 aromatic heterocycles. The summed E-state index contributed by atoms with van der Waals surface area (Å²) < 4.78 is 0. The second-order valence-electron chi connectivity index (χ2n) is 4.03. The van der Waals surface area contributed by atoms with E-state index in [4.69, 9.17) is 5.73 Å². The predicted octanol–water partition coefficient (Wildman–Crippen LogP) is 1.39. The number of aromatic nitrogens is 1. The van der Waals surface area contributed by atoms with Crippen LogP contribution in [0, 0.1) is 12.8 Å². The van der Waals surface area contributed by atoms with Gasteiger partial charge in [-0.25, -0.2) is 4.98 Å². The van der Waals surface area contributed by atoms with E-state index in [0.717, 1.165) is 17.1 Å². The van der Waals surface area contributed by atoms with Gasteiger partial charge in [0.15, 0.2) is 0 Å². The van der Waals surface area contributed by atoms with Crippen LogP contribution in [-0.4, -0.2) is 29.4 Å². The topological polar surface area (TPSA) is 59.2 Å². The van der Waals surface area contributed by atoms with Gasteiger partial charge < -0.3 is 10.6 Å². The highest BCUT2D eigenvalue weighted by Crippen LogP contribution is 2.12. The highest BCUT2D eigenvalue weighted by atomic mass is 32.1. The molecule has 16 heavy (non-hydrogen) atoms. The maximum absolute atomic E-state index is 11.9. The summed E-state index contributed by atoms with van der Waals surface area (Å²) in [5.74, 6) is 0.130. The van der Waals surface area contributed by atoms with E-state index in [1.165, 1.54) is 0 Å². The first-order valence-corrected chi connectivity index (χ1v) is 6.28. The van der Waals surface area contributed by atoms with E-state index in [0.29, 0.717) is 13.1 Å². The van der Waals surface area contributed by atoms with Gasteiger partial charge in [0.05, 0.1) is 17.2 Å². The van der Waals surface area contributed by atoms with Crippen molar-refractivity contribution in [2.45, 2.75) is 26.8 Å². The normalized spacial score (nSPS) is 12.5. The van der Waals surface area contributed by atoms with Gasteiger partial charge in [0.1, 0.15) is 0 Å². The van der Waals surface area contributed by atoms with Crippen LogP contribution in [-0.2, 0) is 11.3 Å². The number of thiazole rings is 1. The van der Waals surface area contributed by atoms with Gasteiger partial charge in [0.2, 0.25) is 5.91 Å². The second-order valence-corrected chi connectivity index (χ2v) is 5.09. The highest BCUT2D eigenvalue weighted by Gasteiger charge is 2.17. The fourth-order valence-electron chi connectivity index (χ4n) is 1.55. The molecule has 0 aliphatic heterocycles. The Hall–Kier alpha value is -0.940. The average molecular weight is 241 g/mol. The van der Waals surface area contributed by atoms with Crippen LogP contribution in [0.4, 0.5) is 0 Å². The molecule has 0 spiro atoms. The Balaban J connectivity index is 2.51. The Labute approximate surface area is 100 Å². The Bertz CT molecular complexity index is 351. The lowest BCUT2D eigenvalue weighted by Gasteiger charge is -2.20. The zero-order valence-corrected chi connectivity index (χ0v) is 10.9. The van der Waals surface area contributed by atoms with Gasteiger partial charge in [0, 0.05) is 18.3 Å². The van der Waals surface area contributed by atoms with Crippen LogP contribution in [0.5, 0.6) is 0 Å². The minimum absolute atomic E-state index is 0.00488. The number of carbonyl (C=O) groups excluding carboxylic acids is 1. The molecule has 90 valence electrons. The SMILES string of the molecule is Cc1nc(CN(C)C(=O)C(C)CCN)cs1. The number of hydrogen-bond donors (Lipinski definition) is 1. The lowest BCUT2D eigenvalue weighted by atomic mass is 10.1. The van der Waals surface area contributed by atoms with Crippen LogP contribution in [0.1, 0.15) is 24.0 Å². The molecule has 0 fully saturated rings. The number of aryl methyl sites for hydroxylation is 1. The van der Waals surface area contributed by atoms with Crippen molar-refractivity contribution in [3.8, 4) is 0 Å². The van der Waals surface area contributed by atoms with Crippen LogP contribution in [0.15, 0.2) is 5.38 Å². The third kappa shape index (κ3) is 3.57. The molecule has 2 N–H and O–H groups in total. The summed E-state index contributed by atoms with van der Waals surface area (Å²) in [5.41, 5.74) is 6.40. The molecule has 1 heterocycles. The summed E-state index contributed by atoms with van der Waals surface area (Å²) in [5, 5.41) is 3.03. The molecule has 1 aromatic rings. The maximum atomic E-state index is 11.9. The maximum Gasteiger partial charge on any atom is 0.225 e. The molecule has 0 aliphatic carbocycles. The first-order valence-electron chi connectivity index (χ1n) is 5.40. The molecule has 0 saturated carbocycles. The fourth-order valence-corrected chi connectivity index (χ4v) is 2.16. The van der Waals surface area contributed by atoms with Crippen LogP contribution >= 0.6 is 11.3 Å². The molecule has 0 saturated heterocycles. The zero-order chi connectivity index (χ0) is 12.1. The molecule has 1 atom stereocenters. The van der Waals surface area contributed by atoms with Crippen molar-refractivity contribution >= 4 is 17.2 Å². The number of hydrogen-bond acceptors (Lipinski definition) is 4. The van der Waals surface area contributed by atoms with E-state index in [-0.39, 0.29) is 11.8 Å². The summed E-state index contributed by atoms with van der Waals surface area (Å²) >= 11 is 1.61. The van der Waals surface area contributed by atoms with E-state index < -0.39 is 0 Å². The number of amides is 1. The number of nitrogens with two attached hydrogens (primary N) is 1. The molecule has 0 bridgehead atoms. The molecule has 1 unspecified atom stereocenters. The van der Waals surface area contributed by atoms with Gasteiger partial charge in [-0.2, -0.15) is 0 Å². The van der Waals surface area contributed by atoms with Crippen LogP contribution in [0.25, 0.3) is 0 Å². The Morgan fingerprint density at radius 1 is 1.69 bits per heavy atom. The van der Waals surface area contributed by atoms with E-state index in [2.05, 4.69) is 4.98 Å².